The maximum absolute atomic E-state index is 5.34. The molecule has 0 saturated carbocycles. The van der Waals surface area contributed by atoms with Gasteiger partial charge in [-0.1, -0.05) is 20.3 Å². The molecule has 1 aromatic heterocycles. The zero-order valence-corrected chi connectivity index (χ0v) is 11.3. The maximum Gasteiger partial charge on any atom is 0.131 e. The predicted molar refractivity (Wildman–Crippen MR) is 66.8 cm³/mol. The zero-order valence-electron chi connectivity index (χ0n) is 9.72. The minimum absolute atomic E-state index is 0.539. The molecule has 0 aliphatic carbocycles. The lowest BCUT2D eigenvalue weighted by Gasteiger charge is -2.16. The Morgan fingerprint density at radius 2 is 2.20 bits per heavy atom. The molecule has 2 atom stereocenters. The minimum Gasteiger partial charge on any atom is -0.467 e. The molecule has 3 heteroatoms. The van der Waals surface area contributed by atoms with E-state index < -0.39 is 0 Å². The smallest absolute Gasteiger partial charge is 0.131 e. The van der Waals surface area contributed by atoms with Gasteiger partial charge in [-0.05, 0) is 41.3 Å². The number of hydrogen-bond acceptors (Lipinski definition) is 2. The number of hydrogen-bond donors (Lipinski definition) is 1. The quantitative estimate of drug-likeness (QED) is 0.849. The molecule has 0 bridgehead atoms. The molecule has 0 fully saturated rings. The van der Waals surface area contributed by atoms with E-state index in [2.05, 4.69) is 42.0 Å². The second kappa shape index (κ2) is 6.33. The first kappa shape index (κ1) is 12.8. The van der Waals surface area contributed by atoms with Gasteiger partial charge in [0.15, 0.2) is 0 Å². The molecule has 0 aliphatic heterocycles. The van der Waals surface area contributed by atoms with Crippen molar-refractivity contribution < 1.29 is 4.42 Å². The topological polar surface area (TPSA) is 25.2 Å². The van der Waals surface area contributed by atoms with Crippen LogP contribution in [0.5, 0.6) is 0 Å². The third-order valence-electron chi connectivity index (χ3n) is 2.75. The molecule has 1 rings (SSSR count). The largest absolute Gasteiger partial charge is 0.467 e. The van der Waals surface area contributed by atoms with Crippen LogP contribution >= 0.6 is 15.9 Å². The number of halogens is 1. The summed E-state index contributed by atoms with van der Waals surface area (Å²) in [6.45, 7) is 7.55. The van der Waals surface area contributed by atoms with E-state index in [4.69, 9.17) is 4.42 Å². The lowest BCUT2D eigenvalue weighted by atomic mass is 10.0. The fourth-order valence-electron chi connectivity index (χ4n) is 1.57. The summed E-state index contributed by atoms with van der Waals surface area (Å²) in [5, 5.41) is 3.47. The van der Waals surface area contributed by atoms with Gasteiger partial charge < -0.3 is 9.73 Å². The first-order valence-corrected chi connectivity index (χ1v) is 6.38. The standard InChI is InChI=1S/C12H20BrNO/c1-4-9(2)7-10(3)14-8-12-11(13)5-6-15-12/h5-6,9-10,14H,4,7-8H2,1-3H3. The average Bonchev–Trinajstić information content (AvgIpc) is 2.61. The van der Waals surface area contributed by atoms with Crippen LogP contribution in [0.3, 0.4) is 0 Å². The molecular formula is C12H20BrNO. The van der Waals surface area contributed by atoms with Crippen LogP contribution < -0.4 is 5.32 Å². The molecular weight excluding hydrogens is 254 g/mol. The van der Waals surface area contributed by atoms with Crippen LogP contribution in [0.25, 0.3) is 0 Å². The Morgan fingerprint density at radius 3 is 2.73 bits per heavy atom. The van der Waals surface area contributed by atoms with Gasteiger partial charge in [0, 0.05) is 6.04 Å². The molecule has 0 radical (unpaired) electrons. The van der Waals surface area contributed by atoms with Crippen molar-refractivity contribution in [3.8, 4) is 0 Å². The molecule has 0 aromatic carbocycles. The van der Waals surface area contributed by atoms with Crippen LogP contribution in [-0.4, -0.2) is 6.04 Å². The Hall–Kier alpha value is -0.280. The molecule has 0 saturated heterocycles. The van der Waals surface area contributed by atoms with Crippen LogP contribution in [0, 0.1) is 5.92 Å². The Kier molecular flexibility index (Phi) is 5.40. The summed E-state index contributed by atoms with van der Waals surface area (Å²) < 4.78 is 6.38. The van der Waals surface area contributed by atoms with Crippen LogP contribution in [0.2, 0.25) is 0 Å². The van der Waals surface area contributed by atoms with Gasteiger partial charge in [-0.2, -0.15) is 0 Å². The highest BCUT2D eigenvalue weighted by Gasteiger charge is 2.08. The van der Waals surface area contributed by atoms with E-state index >= 15 is 0 Å². The van der Waals surface area contributed by atoms with Crippen molar-refractivity contribution in [2.24, 2.45) is 5.92 Å². The second-order valence-electron chi connectivity index (χ2n) is 4.22. The summed E-state index contributed by atoms with van der Waals surface area (Å²) in [5.41, 5.74) is 0. The Morgan fingerprint density at radius 1 is 1.47 bits per heavy atom. The van der Waals surface area contributed by atoms with E-state index in [1.54, 1.807) is 6.26 Å². The van der Waals surface area contributed by atoms with Gasteiger partial charge in [-0.3, -0.25) is 0 Å². The van der Waals surface area contributed by atoms with E-state index in [-0.39, 0.29) is 0 Å². The molecule has 2 nitrogen and oxygen atoms in total. The fraction of sp³-hybridized carbons (Fsp3) is 0.667. The van der Waals surface area contributed by atoms with Gasteiger partial charge in [0.1, 0.15) is 5.76 Å². The molecule has 0 spiro atoms. The molecule has 86 valence electrons. The van der Waals surface area contributed by atoms with Gasteiger partial charge in [0.05, 0.1) is 17.3 Å². The van der Waals surface area contributed by atoms with E-state index in [0.717, 1.165) is 22.7 Å². The van der Waals surface area contributed by atoms with Gasteiger partial charge in [-0.15, -0.1) is 0 Å². The highest BCUT2D eigenvalue weighted by Crippen LogP contribution is 2.17. The molecule has 0 amide bonds. The third-order valence-corrected chi connectivity index (χ3v) is 3.46. The average molecular weight is 274 g/mol. The van der Waals surface area contributed by atoms with Gasteiger partial charge in [0.2, 0.25) is 0 Å². The van der Waals surface area contributed by atoms with Crippen LogP contribution in [0.15, 0.2) is 21.2 Å². The van der Waals surface area contributed by atoms with Crippen molar-refractivity contribution in [3.63, 3.8) is 0 Å². The lowest BCUT2D eigenvalue weighted by molar-refractivity contribution is 0.391. The highest BCUT2D eigenvalue weighted by molar-refractivity contribution is 9.10. The molecule has 1 N–H and O–H groups in total. The third kappa shape index (κ3) is 4.39. The first-order chi connectivity index (χ1) is 7.13. The summed E-state index contributed by atoms with van der Waals surface area (Å²) in [6, 6.07) is 2.47. The van der Waals surface area contributed by atoms with E-state index in [1.165, 1.54) is 12.8 Å². The Bertz CT molecular complexity index is 285. The molecule has 1 heterocycles. The highest BCUT2D eigenvalue weighted by atomic mass is 79.9. The Labute approximate surface area is 101 Å². The SMILES string of the molecule is CCC(C)CC(C)NCc1occc1Br. The predicted octanol–water partition coefficient (Wildman–Crippen LogP) is 3.96. The summed E-state index contributed by atoms with van der Waals surface area (Å²) in [6.07, 6.45) is 4.17. The van der Waals surface area contributed by atoms with Crippen molar-refractivity contribution >= 4 is 15.9 Å². The summed E-state index contributed by atoms with van der Waals surface area (Å²) >= 11 is 3.45. The summed E-state index contributed by atoms with van der Waals surface area (Å²) in [4.78, 5) is 0. The molecule has 0 aliphatic rings. The zero-order chi connectivity index (χ0) is 11.3. The normalized spacial score (nSPS) is 15.2. The number of rotatable bonds is 6. The minimum atomic E-state index is 0.539. The Balaban J connectivity index is 2.28. The van der Waals surface area contributed by atoms with Crippen LogP contribution in [0.4, 0.5) is 0 Å². The molecule has 2 unspecified atom stereocenters. The lowest BCUT2D eigenvalue weighted by Crippen LogP contribution is -2.27. The van der Waals surface area contributed by atoms with Gasteiger partial charge in [-0.25, -0.2) is 0 Å². The van der Waals surface area contributed by atoms with Crippen molar-refractivity contribution in [3.05, 3.63) is 22.6 Å². The van der Waals surface area contributed by atoms with Crippen LogP contribution in [-0.2, 0) is 6.54 Å². The van der Waals surface area contributed by atoms with E-state index in [1.807, 2.05) is 6.07 Å². The summed E-state index contributed by atoms with van der Waals surface area (Å²) in [5.74, 6) is 1.76. The van der Waals surface area contributed by atoms with Gasteiger partial charge >= 0.3 is 0 Å². The fourth-order valence-corrected chi connectivity index (χ4v) is 1.91. The number of furan rings is 1. The van der Waals surface area contributed by atoms with E-state index in [0.29, 0.717) is 6.04 Å². The number of nitrogens with one attached hydrogen (secondary N) is 1. The van der Waals surface area contributed by atoms with E-state index in [9.17, 15) is 0 Å². The van der Waals surface area contributed by atoms with Crippen molar-refractivity contribution in [2.75, 3.05) is 0 Å². The molecule has 1 aromatic rings. The summed E-state index contributed by atoms with van der Waals surface area (Å²) in [7, 11) is 0. The monoisotopic (exact) mass is 273 g/mol. The van der Waals surface area contributed by atoms with Crippen LogP contribution in [0.1, 0.15) is 39.4 Å². The second-order valence-corrected chi connectivity index (χ2v) is 5.08. The van der Waals surface area contributed by atoms with Gasteiger partial charge in [0.25, 0.3) is 0 Å². The van der Waals surface area contributed by atoms with Crippen molar-refractivity contribution in [1.29, 1.82) is 0 Å². The van der Waals surface area contributed by atoms with Crippen molar-refractivity contribution in [2.45, 2.75) is 46.2 Å². The first-order valence-electron chi connectivity index (χ1n) is 5.58. The maximum atomic E-state index is 5.34. The van der Waals surface area contributed by atoms with Crippen molar-refractivity contribution in [1.82, 2.24) is 5.32 Å². The molecule has 15 heavy (non-hydrogen) atoms.